The number of carbonyl (C=O) groups is 2. The van der Waals surface area contributed by atoms with Gasteiger partial charge in [-0.2, -0.15) is 5.10 Å². The standard InChI is InChI=1S/C26H26ClN3O6/c1-4-35-21-11-10-18(14-22(21)33-2)26(32)30-28-15-17-12-20(27)25(23(13-17)34-3)36-16-24(31)29-19-8-6-5-7-9-19/h5-15H,4,16H2,1-3H3,(H,29,31)(H,30,32)/b28-15+. The van der Waals surface area contributed by atoms with E-state index in [0.29, 0.717) is 40.7 Å². The molecule has 0 radical (unpaired) electrons. The van der Waals surface area contributed by atoms with Gasteiger partial charge in [0.05, 0.1) is 32.1 Å². The first-order chi connectivity index (χ1) is 17.4. The SMILES string of the molecule is CCOc1ccc(C(=O)N/N=C/c2cc(Cl)c(OCC(=O)Nc3ccccc3)c(OC)c2)cc1OC. The van der Waals surface area contributed by atoms with Crippen LogP contribution < -0.4 is 29.7 Å². The highest BCUT2D eigenvalue weighted by Gasteiger charge is 2.14. The van der Waals surface area contributed by atoms with Crippen LogP contribution in [0.15, 0.2) is 65.8 Å². The fourth-order valence-electron chi connectivity index (χ4n) is 3.12. The highest BCUT2D eigenvalue weighted by molar-refractivity contribution is 6.32. The van der Waals surface area contributed by atoms with Gasteiger partial charge in [-0.15, -0.1) is 0 Å². The number of para-hydroxylation sites is 1. The maximum absolute atomic E-state index is 12.5. The van der Waals surface area contributed by atoms with Crippen molar-refractivity contribution < 1.29 is 28.5 Å². The molecule has 2 amide bonds. The van der Waals surface area contributed by atoms with E-state index in [1.54, 1.807) is 42.5 Å². The van der Waals surface area contributed by atoms with Crippen LogP contribution in [0.2, 0.25) is 5.02 Å². The van der Waals surface area contributed by atoms with Crippen molar-refractivity contribution in [3.63, 3.8) is 0 Å². The highest BCUT2D eigenvalue weighted by Crippen LogP contribution is 2.36. The van der Waals surface area contributed by atoms with E-state index in [9.17, 15) is 9.59 Å². The van der Waals surface area contributed by atoms with Gasteiger partial charge in [-0.1, -0.05) is 29.8 Å². The van der Waals surface area contributed by atoms with Crippen molar-refractivity contribution in [3.05, 3.63) is 76.8 Å². The van der Waals surface area contributed by atoms with Crippen LogP contribution in [0, 0.1) is 0 Å². The Morgan fingerprint density at radius 3 is 2.39 bits per heavy atom. The van der Waals surface area contributed by atoms with E-state index < -0.39 is 5.91 Å². The van der Waals surface area contributed by atoms with Gasteiger partial charge in [0.2, 0.25) is 0 Å². The van der Waals surface area contributed by atoms with E-state index in [4.69, 9.17) is 30.5 Å². The molecule has 188 valence electrons. The van der Waals surface area contributed by atoms with Crippen molar-refractivity contribution in [3.8, 4) is 23.0 Å². The smallest absolute Gasteiger partial charge is 0.271 e. The second-order valence-electron chi connectivity index (χ2n) is 7.23. The molecule has 0 aliphatic heterocycles. The van der Waals surface area contributed by atoms with Gasteiger partial charge in [0.1, 0.15) is 0 Å². The van der Waals surface area contributed by atoms with Crippen LogP contribution in [0.5, 0.6) is 23.0 Å². The summed E-state index contributed by atoms with van der Waals surface area (Å²) in [7, 11) is 2.95. The van der Waals surface area contributed by atoms with Crippen LogP contribution in [0.3, 0.4) is 0 Å². The number of nitrogens with one attached hydrogen (secondary N) is 2. The molecule has 0 aromatic heterocycles. The summed E-state index contributed by atoms with van der Waals surface area (Å²) >= 11 is 6.36. The van der Waals surface area contributed by atoms with Crippen molar-refractivity contribution in [2.24, 2.45) is 5.10 Å². The molecule has 2 N–H and O–H groups in total. The summed E-state index contributed by atoms with van der Waals surface area (Å²) in [5, 5.41) is 6.92. The van der Waals surface area contributed by atoms with E-state index in [2.05, 4.69) is 15.8 Å². The molecule has 3 aromatic rings. The first kappa shape index (κ1) is 26.4. The molecule has 3 rings (SSSR count). The third-order valence-corrected chi connectivity index (χ3v) is 5.04. The van der Waals surface area contributed by atoms with Crippen LogP contribution in [-0.4, -0.2) is 45.5 Å². The monoisotopic (exact) mass is 511 g/mol. The predicted molar refractivity (Wildman–Crippen MR) is 138 cm³/mol. The van der Waals surface area contributed by atoms with Crippen molar-refractivity contribution in [2.75, 3.05) is 32.8 Å². The van der Waals surface area contributed by atoms with E-state index in [-0.39, 0.29) is 23.3 Å². The van der Waals surface area contributed by atoms with Crippen molar-refractivity contribution >= 4 is 35.3 Å². The molecule has 0 aliphatic rings. The fourth-order valence-corrected chi connectivity index (χ4v) is 3.40. The molecule has 0 fully saturated rings. The molecule has 0 unspecified atom stereocenters. The number of hydrogen-bond donors (Lipinski definition) is 2. The minimum absolute atomic E-state index is 0.213. The van der Waals surface area contributed by atoms with Gasteiger partial charge in [0.25, 0.3) is 11.8 Å². The van der Waals surface area contributed by atoms with E-state index in [1.807, 2.05) is 25.1 Å². The molecule has 9 nitrogen and oxygen atoms in total. The molecule has 0 atom stereocenters. The normalized spacial score (nSPS) is 10.6. The summed E-state index contributed by atoms with van der Waals surface area (Å²) in [4.78, 5) is 24.6. The van der Waals surface area contributed by atoms with Crippen molar-refractivity contribution in [1.82, 2.24) is 5.43 Å². The topological polar surface area (TPSA) is 107 Å². The minimum atomic E-state index is -0.435. The lowest BCUT2D eigenvalue weighted by Crippen LogP contribution is -2.20. The largest absolute Gasteiger partial charge is 0.493 e. The van der Waals surface area contributed by atoms with Gasteiger partial charge in [-0.25, -0.2) is 5.43 Å². The summed E-state index contributed by atoms with van der Waals surface area (Å²) in [5.41, 5.74) is 4.00. The Morgan fingerprint density at radius 1 is 0.944 bits per heavy atom. The van der Waals surface area contributed by atoms with Crippen LogP contribution >= 0.6 is 11.6 Å². The minimum Gasteiger partial charge on any atom is -0.493 e. The van der Waals surface area contributed by atoms with Gasteiger partial charge in [0.15, 0.2) is 29.6 Å². The molecular formula is C26H26ClN3O6. The second-order valence-corrected chi connectivity index (χ2v) is 7.64. The van der Waals surface area contributed by atoms with Crippen LogP contribution in [0.1, 0.15) is 22.8 Å². The number of halogens is 1. The van der Waals surface area contributed by atoms with E-state index in [0.717, 1.165) is 0 Å². The third-order valence-electron chi connectivity index (χ3n) is 4.76. The molecule has 3 aromatic carbocycles. The van der Waals surface area contributed by atoms with E-state index >= 15 is 0 Å². The molecule has 36 heavy (non-hydrogen) atoms. The molecule has 0 bridgehead atoms. The molecule has 10 heteroatoms. The Hall–Kier alpha value is -4.24. The maximum Gasteiger partial charge on any atom is 0.271 e. The van der Waals surface area contributed by atoms with Gasteiger partial charge < -0.3 is 24.3 Å². The summed E-state index contributed by atoms with van der Waals surface area (Å²) in [5.74, 6) is 0.720. The highest BCUT2D eigenvalue weighted by atomic mass is 35.5. The quantitative estimate of drug-likeness (QED) is 0.289. The molecule has 0 saturated heterocycles. The Morgan fingerprint density at radius 2 is 1.69 bits per heavy atom. The number of nitrogens with zero attached hydrogens (tertiary/aromatic N) is 1. The van der Waals surface area contributed by atoms with Crippen LogP contribution in [-0.2, 0) is 4.79 Å². The number of ether oxygens (including phenoxy) is 4. The molecule has 0 saturated carbocycles. The number of hydrogen-bond acceptors (Lipinski definition) is 7. The third kappa shape index (κ3) is 7.13. The zero-order valence-corrected chi connectivity index (χ0v) is 20.8. The lowest BCUT2D eigenvalue weighted by molar-refractivity contribution is -0.118. The summed E-state index contributed by atoms with van der Waals surface area (Å²) < 4.78 is 21.7. The number of rotatable bonds is 11. The first-order valence-electron chi connectivity index (χ1n) is 10.9. The van der Waals surface area contributed by atoms with Gasteiger partial charge in [-0.05, 0) is 55.0 Å². The van der Waals surface area contributed by atoms with Crippen LogP contribution in [0.4, 0.5) is 5.69 Å². The van der Waals surface area contributed by atoms with E-state index in [1.165, 1.54) is 20.4 Å². The average molecular weight is 512 g/mol. The van der Waals surface area contributed by atoms with Gasteiger partial charge in [-0.3, -0.25) is 9.59 Å². The van der Waals surface area contributed by atoms with Gasteiger partial charge in [0, 0.05) is 11.3 Å². The zero-order chi connectivity index (χ0) is 25.9. The number of carbonyl (C=O) groups excluding carboxylic acids is 2. The number of amides is 2. The molecular weight excluding hydrogens is 486 g/mol. The predicted octanol–water partition coefficient (Wildman–Crippen LogP) is 4.54. The van der Waals surface area contributed by atoms with Gasteiger partial charge >= 0.3 is 0 Å². The number of hydrazone groups is 1. The lowest BCUT2D eigenvalue weighted by Gasteiger charge is -2.13. The van der Waals surface area contributed by atoms with Crippen molar-refractivity contribution in [1.29, 1.82) is 0 Å². The summed E-state index contributed by atoms with van der Waals surface area (Å²) in [6, 6.07) is 17.0. The Kier molecular flexibility index (Phi) is 9.53. The number of methoxy groups -OCH3 is 2. The first-order valence-corrected chi connectivity index (χ1v) is 11.3. The maximum atomic E-state index is 12.5. The molecule has 0 aliphatic carbocycles. The van der Waals surface area contributed by atoms with Crippen molar-refractivity contribution in [2.45, 2.75) is 6.92 Å². The van der Waals surface area contributed by atoms with Crippen LogP contribution in [0.25, 0.3) is 0 Å². The Bertz CT molecular complexity index is 1230. The lowest BCUT2D eigenvalue weighted by atomic mass is 10.2. The summed E-state index contributed by atoms with van der Waals surface area (Å²) in [6.45, 7) is 2.07. The fraction of sp³-hybridized carbons (Fsp3) is 0.192. The summed E-state index contributed by atoms with van der Waals surface area (Å²) in [6.07, 6.45) is 1.41. The molecule has 0 spiro atoms. The second kappa shape index (κ2) is 13.0. The number of benzene rings is 3. The number of anilines is 1. The Balaban J connectivity index is 1.63. The zero-order valence-electron chi connectivity index (χ0n) is 20.0. The Labute approximate surface area is 214 Å². The molecule has 0 heterocycles. The average Bonchev–Trinajstić information content (AvgIpc) is 2.88.